The summed E-state index contributed by atoms with van der Waals surface area (Å²) in [4.78, 5) is 46.2. The topological polar surface area (TPSA) is 193 Å². The Bertz CT molecular complexity index is 1830. The molecular weight excluding hydrogens is 771 g/mol. The number of aliphatic hydroxyl groups is 1. The number of hydrogen-bond acceptors (Lipinski definition) is 14. The predicted octanol–water partition coefficient (Wildman–Crippen LogP) is 4.14. The minimum atomic E-state index is -1.23. The van der Waals surface area contributed by atoms with Crippen LogP contribution in [0.25, 0.3) is 11.3 Å². The van der Waals surface area contributed by atoms with E-state index in [-0.39, 0.29) is 35.9 Å². The summed E-state index contributed by atoms with van der Waals surface area (Å²) in [5.41, 5.74) is 6.02. The highest BCUT2D eigenvalue weighted by Gasteiger charge is 2.60. The number of methoxy groups -OCH3 is 1. The fraction of sp³-hybridized carbons (Fsp3) is 0.750. The Kier molecular flexibility index (Phi) is 14.0. The van der Waals surface area contributed by atoms with Crippen molar-refractivity contribution in [3.05, 3.63) is 30.5 Å². The van der Waals surface area contributed by atoms with Gasteiger partial charge in [0.05, 0.1) is 30.0 Å². The molecule has 6 rings (SSSR count). The molecule has 60 heavy (non-hydrogen) atoms. The van der Waals surface area contributed by atoms with E-state index >= 15 is 0 Å². The van der Waals surface area contributed by atoms with Gasteiger partial charge in [-0.25, -0.2) is 4.79 Å². The number of aromatic nitrogens is 3. The van der Waals surface area contributed by atoms with Crippen LogP contribution in [0.15, 0.2) is 30.5 Å². The van der Waals surface area contributed by atoms with E-state index in [4.69, 9.17) is 29.4 Å². The lowest BCUT2D eigenvalue weighted by molar-refractivity contribution is -0.295. The van der Waals surface area contributed by atoms with Gasteiger partial charge < -0.3 is 44.7 Å². The number of nitrogens with two attached hydrogens (primary N) is 1. The van der Waals surface area contributed by atoms with Crippen LogP contribution in [0.2, 0.25) is 0 Å². The average molecular weight is 840 g/mol. The van der Waals surface area contributed by atoms with Crippen molar-refractivity contribution in [2.45, 2.75) is 148 Å². The number of amides is 1. The second-order valence-electron chi connectivity index (χ2n) is 18.8. The van der Waals surface area contributed by atoms with Crippen LogP contribution in [-0.4, -0.2) is 142 Å². The number of ether oxygens (including phenoxy) is 5. The molecule has 1 aromatic carbocycles. The SMILES string of the molecule is CC[C@H]1OC(=O)[C@H](C)C(=O)[C@H](C)[C@@H](O[C@@H]2O[C@H](C)CC(N(C)C)C2O)[C@](C)(OC)C[C@@H](C)CN[C@H](C)[C@H]2N(CC3CC3Cn3cc(-c4cccc(N)c4)nn3)C(=O)O[C@]12C. The molecule has 1 amide bonds. The fourth-order valence-corrected chi connectivity index (χ4v) is 10.1. The highest BCUT2D eigenvalue weighted by atomic mass is 16.7. The van der Waals surface area contributed by atoms with Gasteiger partial charge in [-0.2, -0.15) is 0 Å². The first-order valence-corrected chi connectivity index (χ1v) is 21.7. The number of Topliss-reactive ketones (excluding diaryl/α,β-unsaturated/α-hetero) is 1. The van der Waals surface area contributed by atoms with Crippen molar-refractivity contribution in [2.75, 3.05) is 40.0 Å². The maximum absolute atomic E-state index is 14.4. The van der Waals surface area contributed by atoms with E-state index in [0.717, 1.165) is 17.7 Å². The van der Waals surface area contributed by atoms with Crippen molar-refractivity contribution in [1.82, 2.24) is 30.1 Å². The molecule has 3 aliphatic heterocycles. The molecule has 334 valence electrons. The molecule has 4 aliphatic rings. The number of carbonyl (C=O) groups is 3. The molecule has 16 heteroatoms. The molecule has 0 radical (unpaired) electrons. The van der Waals surface area contributed by atoms with Crippen LogP contribution < -0.4 is 11.1 Å². The maximum atomic E-state index is 14.4. The number of benzene rings is 1. The molecule has 4 N–H and O–H groups in total. The van der Waals surface area contributed by atoms with E-state index in [9.17, 15) is 19.5 Å². The maximum Gasteiger partial charge on any atom is 0.410 e. The monoisotopic (exact) mass is 840 g/mol. The van der Waals surface area contributed by atoms with Gasteiger partial charge in [-0.3, -0.25) is 19.2 Å². The van der Waals surface area contributed by atoms with Crippen molar-refractivity contribution in [3.8, 4) is 11.3 Å². The Morgan fingerprint density at radius 1 is 1.07 bits per heavy atom. The van der Waals surface area contributed by atoms with Gasteiger partial charge in [0.2, 0.25) is 0 Å². The fourth-order valence-electron chi connectivity index (χ4n) is 10.1. The summed E-state index contributed by atoms with van der Waals surface area (Å²) in [6, 6.07) is 6.52. The van der Waals surface area contributed by atoms with Gasteiger partial charge in [0, 0.05) is 49.5 Å². The Labute approximate surface area is 355 Å². The first-order chi connectivity index (χ1) is 28.3. The Morgan fingerprint density at radius 2 is 1.78 bits per heavy atom. The largest absolute Gasteiger partial charge is 0.458 e. The van der Waals surface area contributed by atoms with Crippen LogP contribution in [0.3, 0.4) is 0 Å². The summed E-state index contributed by atoms with van der Waals surface area (Å²) < 4.78 is 33.5. The number of anilines is 1. The number of nitrogens with zero attached hydrogens (tertiary/aromatic N) is 5. The molecule has 0 spiro atoms. The van der Waals surface area contributed by atoms with Crippen molar-refractivity contribution in [2.24, 2.45) is 29.6 Å². The predicted molar refractivity (Wildman–Crippen MR) is 224 cm³/mol. The van der Waals surface area contributed by atoms with Crippen molar-refractivity contribution in [3.63, 3.8) is 0 Å². The summed E-state index contributed by atoms with van der Waals surface area (Å²) >= 11 is 0. The van der Waals surface area contributed by atoms with E-state index < -0.39 is 71.5 Å². The van der Waals surface area contributed by atoms with Gasteiger partial charge in [0.1, 0.15) is 23.8 Å². The van der Waals surface area contributed by atoms with Gasteiger partial charge in [0.25, 0.3) is 0 Å². The van der Waals surface area contributed by atoms with Gasteiger partial charge >= 0.3 is 12.1 Å². The van der Waals surface area contributed by atoms with Crippen LogP contribution >= 0.6 is 0 Å². The van der Waals surface area contributed by atoms with Crippen LogP contribution in [0.5, 0.6) is 0 Å². The minimum absolute atomic E-state index is 0.00991. The Balaban J connectivity index is 1.24. The normalized spacial score (nSPS) is 39.5. The molecule has 4 heterocycles. The van der Waals surface area contributed by atoms with Crippen LogP contribution in [0.4, 0.5) is 10.5 Å². The number of cyclic esters (lactones) is 1. The standard InChI is InChI=1S/C44H69N7O9/c1-12-35-44(8)38(51(42(55)60-44)22-31-17-30(31)21-50-23-33(47-48-50)29-14-13-15-32(45)18-29)28(6)46-20-24(2)19-43(7,56-11)39(26(4)36(52)27(5)40(54)58-35)59-41-37(53)34(49(9)10)16-25(3)57-41/h13-15,18,23-28,30-31,34-35,37-39,41,46,53H,12,16-17,19-22,45H2,1-11H3/t24-,25-,26+,27-,28-,30?,31?,34?,35-,37?,38-,39-,41+,43-,44-/m1/s1. The first-order valence-electron chi connectivity index (χ1n) is 21.7. The zero-order valence-corrected chi connectivity index (χ0v) is 37.4. The smallest absolute Gasteiger partial charge is 0.410 e. The molecule has 1 aromatic heterocycles. The van der Waals surface area contributed by atoms with Crippen molar-refractivity contribution >= 4 is 23.5 Å². The lowest BCUT2D eigenvalue weighted by Gasteiger charge is -2.46. The average Bonchev–Trinajstić information content (AvgIpc) is 3.64. The number of hydrogen-bond donors (Lipinski definition) is 3. The quantitative estimate of drug-likeness (QED) is 0.176. The van der Waals surface area contributed by atoms with Crippen LogP contribution in [0, 0.1) is 29.6 Å². The van der Waals surface area contributed by atoms with Gasteiger partial charge in [-0.15, -0.1) is 5.10 Å². The summed E-state index contributed by atoms with van der Waals surface area (Å²) in [6.45, 7) is 16.6. The number of likely N-dealkylation sites (N-methyl/N-ethyl adjacent to an activating group) is 1. The lowest BCUT2D eigenvalue weighted by Crippen LogP contribution is -2.61. The van der Waals surface area contributed by atoms with Crippen LogP contribution in [0.1, 0.15) is 81.1 Å². The summed E-state index contributed by atoms with van der Waals surface area (Å²) in [5.74, 6) is -2.67. The molecule has 16 nitrogen and oxygen atoms in total. The molecule has 15 atom stereocenters. The summed E-state index contributed by atoms with van der Waals surface area (Å²) in [7, 11) is 5.40. The van der Waals surface area contributed by atoms with Gasteiger partial charge in [-0.05, 0) is 111 Å². The second-order valence-corrected chi connectivity index (χ2v) is 18.8. The number of carbonyl (C=O) groups excluding carboxylic acids is 3. The molecule has 1 saturated carbocycles. The summed E-state index contributed by atoms with van der Waals surface area (Å²) in [6.07, 6.45) is -0.190. The van der Waals surface area contributed by atoms with E-state index in [1.54, 1.807) is 25.9 Å². The number of ketones is 1. The molecule has 4 fully saturated rings. The van der Waals surface area contributed by atoms with E-state index in [2.05, 4.69) is 22.6 Å². The third kappa shape index (κ3) is 9.53. The Hall–Kier alpha value is -3.67. The van der Waals surface area contributed by atoms with E-state index in [1.165, 1.54) is 0 Å². The minimum Gasteiger partial charge on any atom is -0.458 e. The summed E-state index contributed by atoms with van der Waals surface area (Å²) in [5, 5.41) is 23.9. The number of nitrogens with one attached hydrogen (secondary N) is 1. The van der Waals surface area contributed by atoms with Crippen molar-refractivity contribution in [1.29, 1.82) is 0 Å². The number of nitrogen functional groups attached to an aromatic ring is 1. The highest BCUT2D eigenvalue weighted by molar-refractivity contribution is 6.00. The third-order valence-electron chi connectivity index (χ3n) is 13.7. The number of esters is 1. The second kappa shape index (κ2) is 18.4. The number of fused-ring (bicyclic) bond motifs is 1. The van der Waals surface area contributed by atoms with E-state index in [1.807, 2.05) is 88.8 Å². The van der Waals surface area contributed by atoms with E-state index in [0.29, 0.717) is 44.6 Å². The molecule has 2 aromatic rings. The van der Waals surface area contributed by atoms with Gasteiger partial charge in [0.15, 0.2) is 17.7 Å². The molecule has 1 aliphatic carbocycles. The zero-order valence-electron chi connectivity index (χ0n) is 37.4. The Morgan fingerprint density at radius 3 is 2.45 bits per heavy atom. The number of rotatable bonds is 10. The highest BCUT2D eigenvalue weighted by Crippen LogP contribution is 2.45. The number of aliphatic hydroxyl groups excluding tert-OH is 1. The van der Waals surface area contributed by atoms with Crippen molar-refractivity contribution < 1.29 is 43.2 Å². The molecule has 0 bridgehead atoms. The molecule has 4 unspecified atom stereocenters. The molecular formula is C44H69N7O9. The van der Waals surface area contributed by atoms with Gasteiger partial charge in [-0.1, -0.05) is 38.1 Å². The first kappa shape index (κ1) is 45.8. The third-order valence-corrected chi connectivity index (χ3v) is 13.7. The molecule has 3 saturated heterocycles. The lowest BCUT2D eigenvalue weighted by atomic mass is 9.78. The van der Waals surface area contributed by atoms with Crippen LogP contribution in [-0.2, 0) is 39.8 Å². The zero-order chi connectivity index (χ0) is 43.8.